The molecular formula is C12H18BrN3O. The lowest BCUT2D eigenvalue weighted by Crippen LogP contribution is -2.32. The smallest absolute Gasteiger partial charge is 0.255 e. The van der Waals surface area contributed by atoms with E-state index in [4.69, 9.17) is 0 Å². The number of hydrogen-bond donors (Lipinski definition) is 2. The van der Waals surface area contributed by atoms with Crippen LogP contribution >= 0.6 is 15.9 Å². The molecule has 4 nitrogen and oxygen atoms in total. The number of nitrogens with one attached hydrogen (secondary N) is 2. The van der Waals surface area contributed by atoms with Gasteiger partial charge in [0.15, 0.2) is 0 Å². The zero-order valence-electron chi connectivity index (χ0n) is 10.4. The highest BCUT2D eigenvalue weighted by molar-refractivity contribution is 9.10. The van der Waals surface area contributed by atoms with Crippen molar-refractivity contribution < 1.29 is 4.79 Å². The van der Waals surface area contributed by atoms with E-state index in [9.17, 15) is 4.79 Å². The van der Waals surface area contributed by atoms with Gasteiger partial charge >= 0.3 is 0 Å². The largest absolute Gasteiger partial charge is 0.370 e. The second kappa shape index (κ2) is 6.59. The molecule has 0 aliphatic rings. The minimum absolute atomic E-state index is 0.0934. The monoisotopic (exact) mass is 299 g/mol. The maximum atomic E-state index is 12.0. The summed E-state index contributed by atoms with van der Waals surface area (Å²) >= 11 is 3.33. The van der Waals surface area contributed by atoms with Crippen LogP contribution in [0.2, 0.25) is 0 Å². The van der Waals surface area contributed by atoms with Gasteiger partial charge in [-0.05, 0) is 42.3 Å². The molecule has 94 valence electrons. The molecule has 0 aliphatic carbocycles. The maximum Gasteiger partial charge on any atom is 0.255 e. The van der Waals surface area contributed by atoms with Crippen LogP contribution in [0.25, 0.3) is 0 Å². The lowest BCUT2D eigenvalue weighted by atomic mass is 10.2. The van der Waals surface area contributed by atoms with Gasteiger partial charge < -0.3 is 10.6 Å². The predicted molar refractivity (Wildman–Crippen MR) is 73.3 cm³/mol. The van der Waals surface area contributed by atoms with E-state index in [1.54, 1.807) is 12.3 Å². The molecule has 5 heteroatoms. The van der Waals surface area contributed by atoms with Crippen molar-refractivity contribution in [2.75, 3.05) is 11.9 Å². The molecule has 1 amide bonds. The van der Waals surface area contributed by atoms with Gasteiger partial charge in [0.1, 0.15) is 5.82 Å². The average Bonchev–Trinajstić information content (AvgIpc) is 2.31. The summed E-state index contributed by atoms with van der Waals surface area (Å²) in [5.41, 5.74) is 0.571. The first-order valence-corrected chi connectivity index (χ1v) is 6.58. The highest BCUT2D eigenvalue weighted by Crippen LogP contribution is 2.18. The van der Waals surface area contributed by atoms with E-state index in [0.717, 1.165) is 17.4 Å². The van der Waals surface area contributed by atoms with Crippen LogP contribution in [0.3, 0.4) is 0 Å². The topological polar surface area (TPSA) is 54.0 Å². The van der Waals surface area contributed by atoms with E-state index >= 15 is 0 Å². The number of carbonyl (C=O) groups excluding carboxylic acids is 1. The number of aromatic nitrogens is 1. The Kier molecular flexibility index (Phi) is 5.41. The third-order valence-electron chi connectivity index (χ3n) is 2.43. The molecule has 1 heterocycles. The van der Waals surface area contributed by atoms with Gasteiger partial charge in [-0.3, -0.25) is 4.79 Å². The van der Waals surface area contributed by atoms with Crippen LogP contribution in [-0.4, -0.2) is 23.5 Å². The molecule has 1 aromatic rings. The molecule has 1 rings (SSSR count). The summed E-state index contributed by atoms with van der Waals surface area (Å²) in [7, 11) is 0. The van der Waals surface area contributed by atoms with E-state index in [1.165, 1.54) is 0 Å². The Bertz CT molecular complexity index is 395. The fourth-order valence-corrected chi connectivity index (χ4v) is 1.66. The molecule has 17 heavy (non-hydrogen) atoms. The Hall–Kier alpha value is -1.10. The Balaban J connectivity index is 2.93. The summed E-state index contributed by atoms with van der Waals surface area (Å²) in [5, 5.41) is 6.01. The van der Waals surface area contributed by atoms with Crippen molar-refractivity contribution in [2.24, 2.45) is 0 Å². The fraction of sp³-hybridized carbons (Fsp3) is 0.500. The number of anilines is 1. The molecule has 0 aromatic carbocycles. The van der Waals surface area contributed by atoms with Crippen molar-refractivity contribution in [2.45, 2.75) is 33.2 Å². The molecule has 0 fully saturated rings. The standard InChI is InChI=1S/C12H18BrN3O/c1-4-8(3)16-12(17)10-6-9(13)7-15-11(10)14-5-2/h6-8H,4-5H2,1-3H3,(H,14,15)(H,16,17). The number of pyridine rings is 1. The second-order valence-corrected chi connectivity index (χ2v) is 4.78. The normalized spacial score (nSPS) is 12.0. The van der Waals surface area contributed by atoms with Crippen molar-refractivity contribution in [1.82, 2.24) is 10.3 Å². The van der Waals surface area contributed by atoms with Crippen LogP contribution in [0.4, 0.5) is 5.82 Å². The zero-order valence-corrected chi connectivity index (χ0v) is 12.0. The van der Waals surface area contributed by atoms with Crippen LogP contribution in [0.1, 0.15) is 37.6 Å². The Labute approximate surface area is 110 Å². The fourth-order valence-electron chi connectivity index (χ4n) is 1.32. The minimum Gasteiger partial charge on any atom is -0.370 e. The van der Waals surface area contributed by atoms with Crippen LogP contribution in [0, 0.1) is 0 Å². The van der Waals surface area contributed by atoms with Crippen LogP contribution in [0.15, 0.2) is 16.7 Å². The number of hydrogen-bond acceptors (Lipinski definition) is 3. The highest BCUT2D eigenvalue weighted by Gasteiger charge is 2.14. The molecule has 0 saturated carbocycles. The Morgan fingerprint density at radius 2 is 2.24 bits per heavy atom. The average molecular weight is 300 g/mol. The summed E-state index contributed by atoms with van der Waals surface area (Å²) in [4.78, 5) is 16.3. The van der Waals surface area contributed by atoms with E-state index in [1.807, 2.05) is 20.8 Å². The van der Waals surface area contributed by atoms with Crippen LogP contribution < -0.4 is 10.6 Å². The Morgan fingerprint density at radius 1 is 1.53 bits per heavy atom. The first-order valence-electron chi connectivity index (χ1n) is 5.78. The molecular weight excluding hydrogens is 282 g/mol. The summed E-state index contributed by atoms with van der Waals surface area (Å²) < 4.78 is 0.799. The van der Waals surface area contributed by atoms with E-state index < -0.39 is 0 Å². The van der Waals surface area contributed by atoms with Crippen LogP contribution in [0.5, 0.6) is 0 Å². The van der Waals surface area contributed by atoms with Gasteiger partial charge in [-0.1, -0.05) is 6.92 Å². The lowest BCUT2D eigenvalue weighted by Gasteiger charge is -2.14. The van der Waals surface area contributed by atoms with Crippen LogP contribution in [-0.2, 0) is 0 Å². The van der Waals surface area contributed by atoms with Gasteiger partial charge in [0.2, 0.25) is 0 Å². The summed E-state index contributed by atoms with van der Waals surface area (Å²) in [5.74, 6) is 0.528. The number of amides is 1. The first kappa shape index (κ1) is 14.0. The summed E-state index contributed by atoms with van der Waals surface area (Å²) in [6.45, 7) is 6.73. The molecule has 0 bridgehead atoms. The van der Waals surface area contributed by atoms with E-state index in [-0.39, 0.29) is 11.9 Å². The number of carbonyl (C=O) groups is 1. The first-order chi connectivity index (χ1) is 8.08. The van der Waals surface area contributed by atoms with Gasteiger partial charge in [-0.2, -0.15) is 0 Å². The zero-order chi connectivity index (χ0) is 12.8. The molecule has 0 radical (unpaired) electrons. The second-order valence-electron chi connectivity index (χ2n) is 3.86. The van der Waals surface area contributed by atoms with Gasteiger partial charge in [0.05, 0.1) is 5.56 Å². The molecule has 1 unspecified atom stereocenters. The summed E-state index contributed by atoms with van der Waals surface area (Å²) in [6, 6.07) is 1.94. The van der Waals surface area contributed by atoms with Crippen molar-refractivity contribution in [3.8, 4) is 0 Å². The highest BCUT2D eigenvalue weighted by atomic mass is 79.9. The van der Waals surface area contributed by atoms with Gasteiger partial charge in [-0.15, -0.1) is 0 Å². The minimum atomic E-state index is -0.0934. The third-order valence-corrected chi connectivity index (χ3v) is 2.87. The maximum absolute atomic E-state index is 12.0. The van der Waals surface area contributed by atoms with Crippen molar-refractivity contribution >= 4 is 27.7 Å². The number of rotatable bonds is 5. The molecule has 1 atom stereocenters. The SMILES string of the molecule is CCNc1ncc(Br)cc1C(=O)NC(C)CC. The van der Waals surface area contributed by atoms with E-state index in [0.29, 0.717) is 11.4 Å². The predicted octanol–water partition coefficient (Wildman–Crippen LogP) is 2.80. The van der Waals surface area contributed by atoms with Crippen molar-refractivity contribution in [3.63, 3.8) is 0 Å². The molecule has 0 saturated heterocycles. The van der Waals surface area contributed by atoms with Gasteiger partial charge in [0, 0.05) is 23.3 Å². The summed E-state index contributed by atoms with van der Waals surface area (Å²) in [6.07, 6.45) is 2.59. The molecule has 1 aromatic heterocycles. The molecule has 0 aliphatic heterocycles. The third kappa shape index (κ3) is 4.00. The number of nitrogens with zero attached hydrogens (tertiary/aromatic N) is 1. The van der Waals surface area contributed by atoms with Gasteiger partial charge in [-0.25, -0.2) is 4.98 Å². The van der Waals surface area contributed by atoms with E-state index in [2.05, 4.69) is 31.5 Å². The lowest BCUT2D eigenvalue weighted by molar-refractivity contribution is 0.0939. The molecule has 0 spiro atoms. The van der Waals surface area contributed by atoms with Crippen molar-refractivity contribution in [3.05, 3.63) is 22.3 Å². The van der Waals surface area contributed by atoms with Crippen molar-refractivity contribution in [1.29, 1.82) is 0 Å². The Morgan fingerprint density at radius 3 is 2.82 bits per heavy atom. The number of halogens is 1. The quantitative estimate of drug-likeness (QED) is 0.879. The van der Waals surface area contributed by atoms with Gasteiger partial charge in [0.25, 0.3) is 5.91 Å². The molecule has 2 N–H and O–H groups in total.